The average molecular weight is 334 g/mol. The molecule has 1 aromatic heterocycles. The quantitative estimate of drug-likeness (QED) is 0.840. The van der Waals surface area contributed by atoms with E-state index in [0.29, 0.717) is 11.8 Å². The minimum absolute atomic E-state index is 0.135. The van der Waals surface area contributed by atoms with Crippen molar-refractivity contribution in [1.82, 2.24) is 14.9 Å². The smallest absolute Gasteiger partial charge is 0.135 e. The summed E-state index contributed by atoms with van der Waals surface area (Å²) in [6, 6.07) is 0. The van der Waals surface area contributed by atoms with E-state index in [-0.39, 0.29) is 18.6 Å². The number of nitrogens with zero attached hydrogens (tertiary/aromatic N) is 4. The summed E-state index contributed by atoms with van der Waals surface area (Å²) in [4.78, 5) is 13.5. The maximum absolute atomic E-state index is 9.83. The molecular weight excluding hydrogens is 304 g/mol. The molecule has 2 aliphatic rings. The van der Waals surface area contributed by atoms with E-state index in [9.17, 15) is 10.2 Å². The summed E-state index contributed by atoms with van der Waals surface area (Å²) in [7, 11) is 0. The summed E-state index contributed by atoms with van der Waals surface area (Å²) >= 11 is 0. The van der Waals surface area contributed by atoms with Gasteiger partial charge in [0.05, 0.1) is 6.10 Å². The molecule has 6 nitrogen and oxygen atoms in total. The van der Waals surface area contributed by atoms with E-state index < -0.39 is 0 Å². The van der Waals surface area contributed by atoms with Crippen LogP contribution in [0.3, 0.4) is 0 Å². The molecule has 2 aliphatic heterocycles. The van der Waals surface area contributed by atoms with Crippen LogP contribution in [0.4, 0.5) is 5.82 Å². The summed E-state index contributed by atoms with van der Waals surface area (Å²) in [5.74, 6) is 2.14. The van der Waals surface area contributed by atoms with E-state index in [2.05, 4.69) is 33.6 Å². The zero-order valence-corrected chi connectivity index (χ0v) is 14.8. The number of hydrogen-bond donors (Lipinski definition) is 2. The number of hydrogen-bond acceptors (Lipinski definition) is 6. The molecule has 134 valence electrons. The molecule has 0 aromatic carbocycles. The molecule has 0 amide bonds. The van der Waals surface area contributed by atoms with Gasteiger partial charge in [-0.3, -0.25) is 0 Å². The number of aromatic nitrogens is 2. The minimum atomic E-state index is -0.135. The zero-order chi connectivity index (χ0) is 17.1. The highest BCUT2D eigenvalue weighted by atomic mass is 16.3. The normalized spacial score (nSPS) is 26.5. The van der Waals surface area contributed by atoms with Crippen molar-refractivity contribution in [1.29, 1.82) is 0 Å². The first-order valence-electron chi connectivity index (χ1n) is 9.14. The van der Waals surface area contributed by atoms with Gasteiger partial charge in [-0.25, -0.2) is 9.97 Å². The lowest BCUT2D eigenvalue weighted by molar-refractivity contribution is 0.0687. The van der Waals surface area contributed by atoms with Gasteiger partial charge in [-0.2, -0.15) is 0 Å². The molecule has 3 rings (SSSR count). The number of likely N-dealkylation sites (tertiary alicyclic amines) is 1. The van der Waals surface area contributed by atoms with E-state index in [1.165, 1.54) is 5.56 Å². The van der Waals surface area contributed by atoms with Gasteiger partial charge in [0.25, 0.3) is 0 Å². The molecule has 2 fully saturated rings. The summed E-state index contributed by atoms with van der Waals surface area (Å²) in [5, 5.41) is 19.5. The van der Waals surface area contributed by atoms with Crippen LogP contribution in [0.5, 0.6) is 0 Å². The summed E-state index contributed by atoms with van der Waals surface area (Å²) < 4.78 is 0. The Hall–Kier alpha value is -1.24. The van der Waals surface area contributed by atoms with Crippen LogP contribution >= 0.6 is 0 Å². The van der Waals surface area contributed by atoms with Crippen LogP contribution in [0.2, 0.25) is 0 Å². The van der Waals surface area contributed by atoms with Gasteiger partial charge in [-0.05, 0) is 24.7 Å². The molecule has 0 saturated carbocycles. The summed E-state index contributed by atoms with van der Waals surface area (Å²) in [6.07, 6.45) is 5.13. The van der Waals surface area contributed by atoms with Gasteiger partial charge in [-0.15, -0.1) is 0 Å². The maximum Gasteiger partial charge on any atom is 0.135 e. The van der Waals surface area contributed by atoms with E-state index in [1.807, 2.05) is 6.20 Å². The van der Waals surface area contributed by atoms with Crippen molar-refractivity contribution in [3.05, 3.63) is 18.1 Å². The number of piperidine rings is 1. The van der Waals surface area contributed by atoms with Gasteiger partial charge in [-0.1, -0.05) is 13.8 Å². The van der Waals surface area contributed by atoms with Gasteiger partial charge in [0.2, 0.25) is 0 Å². The molecule has 3 heterocycles. The molecule has 2 saturated heterocycles. The third kappa shape index (κ3) is 3.87. The van der Waals surface area contributed by atoms with Crippen LogP contribution in [-0.4, -0.2) is 70.5 Å². The highest BCUT2D eigenvalue weighted by molar-refractivity contribution is 5.48. The van der Waals surface area contributed by atoms with Crippen LogP contribution in [0.15, 0.2) is 12.5 Å². The second kappa shape index (κ2) is 7.76. The Morgan fingerprint density at radius 2 is 1.92 bits per heavy atom. The number of aliphatic hydroxyl groups excluding tert-OH is 2. The standard InChI is InChI=1S/C18H30N4O2/c1-13(2)17-7-19-12-20-18(17)22-9-14(15(10-22)11-23)8-21-5-3-16(24)4-6-21/h7,12-16,23-24H,3-6,8-11H2,1-2H3/t14-,15-/m1/s1. The van der Waals surface area contributed by atoms with E-state index >= 15 is 0 Å². The van der Waals surface area contributed by atoms with Gasteiger partial charge in [0.1, 0.15) is 12.1 Å². The molecule has 6 heteroatoms. The first kappa shape index (κ1) is 17.6. The lowest BCUT2D eigenvalue weighted by atomic mass is 9.95. The molecular formula is C18H30N4O2. The Labute approximate surface area is 144 Å². The van der Waals surface area contributed by atoms with Crippen molar-refractivity contribution in [2.45, 2.75) is 38.7 Å². The van der Waals surface area contributed by atoms with Crippen molar-refractivity contribution >= 4 is 5.82 Å². The SMILES string of the molecule is CC(C)c1cncnc1N1C[C@@H](CN2CCC(O)CC2)[C@@H](CO)C1. The number of rotatable bonds is 5. The second-order valence-electron chi connectivity index (χ2n) is 7.60. The largest absolute Gasteiger partial charge is 0.396 e. The van der Waals surface area contributed by atoms with Crippen molar-refractivity contribution < 1.29 is 10.2 Å². The Bertz CT molecular complexity index is 532. The monoisotopic (exact) mass is 334 g/mol. The molecule has 0 aliphatic carbocycles. The van der Waals surface area contributed by atoms with Crippen LogP contribution < -0.4 is 4.90 Å². The Morgan fingerprint density at radius 3 is 2.58 bits per heavy atom. The highest BCUT2D eigenvalue weighted by Gasteiger charge is 2.35. The Morgan fingerprint density at radius 1 is 1.21 bits per heavy atom. The van der Waals surface area contributed by atoms with Crippen molar-refractivity contribution in [2.24, 2.45) is 11.8 Å². The molecule has 0 bridgehead atoms. The molecule has 1 aromatic rings. The summed E-state index contributed by atoms with van der Waals surface area (Å²) in [5.41, 5.74) is 1.18. The number of aliphatic hydroxyl groups is 2. The van der Waals surface area contributed by atoms with E-state index in [4.69, 9.17) is 0 Å². The second-order valence-corrected chi connectivity index (χ2v) is 7.60. The lowest BCUT2D eigenvalue weighted by Crippen LogP contribution is -2.40. The van der Waals surface area contributed by atoms with Crippen molar-refractivity contribution in [2.75, 3.05) is 44.2 Å². The highest BCUT2D eigenvalue weighted by Crippen LogP contribution is 2.32. The van der Waals surface area contributed by atoms with Crippen LogP contribution in [-0.2, 0) is 0 Å². The molecule has 2 atom stereocenters. The Kier molecular flexibility index (Phi) is 5.69. The Balaban J connectivity index is 1.68. The third-order valence-corrected chi connectivity index (χ3v) is 5.50. The average Bonchev–Trinajstić information content (AvgIpc) is 2.99. The predicted octanol–water partition coefficient (Wildman–Crippen LogP) is 1.10. The summed E-state index contributed by atoms with van der Waals surface area (Å²) in [6.45, 7) is 9.25. The molecule has 24 heavy (non-hydrogen) atoms. The maximum atomic E-state index is 9.83. The van der Waals surface area contributed by atoms with Gasteiger partial charge in [0, 0.05) is 57.0 Å². The third-order valence-electron chi connectivity index (χ3n) is 5.50. The van der Waals surface area contributed by atoms with Crippen LogP contribution in [0.25, 0.3) is 0 Å². The van der Waals surface area contributed by atoms with E-state index in [1.54, 1.807) is 6.33 Å². The molecule has 0 spiro atoms. The number of anilines is 1. The minimum Gasteiger partial charge on any atom is -0.396 e. The van der Waals surface area contributed by atoms with Gasteiger partial charge in [0.15, 0.2) is 0 Å². The van der Waals surface area contributed by atoms with Crippen LogP contribution in [0.1, 0.15) is 38.2 Å². The predicted molar refractivity (Wildman–Crippen MR) is 94.1 cm³/mol. The molecule has 0 unspecified atom stereocenters. The first-order chi connectivity index (χ1) is 11.6. The van der Waals surface area contributed by atoms with Gasteiger partial charge >= 0.3 is 0 Å². The fourth-order valence-electron chi connectivity index (χ4n) is 3.96. The van der Waals surface area contributed by atoms with E-state index in [0.717, 1.165) is 51.4 Å². The van der Waals surface area contributed by atoms with Crippen LogP contribution in [0, 0.1) is 11.8 Å². The van der Waals surface area contributed by atoms with Crippen molar-refractivity contribution in [3.8, 4) is 0 Å². The lowest BCUT2D eigenvalue weighted by Gasteiger charge is -2.32. The van der Waals surface area contributed by atoms with Crippen molar-refractivity contribution in [3.63, 3.8) is 0 Å². The topological polar surface area (TPSA) is 72.7 Å². The fourth-order valence-corrected chi connectivity index (χ4v) is 3.96. The van der Waals surface area contributed by atoms with Gasteiger partial charge < -0.3 is 20.0 Å². The first-order valence-corrected chi connectivity index (χ1v) is 9.14. The zero-order valence-electron chi connectivity index (χ0n) is 14.8. The molecule has 0 radical (unpaired) electrons. The fraction of sp³-hybridized carbons (Fsp3) is 0.778. The molecule has 2 N–H and O–H groups in total.